The van der Waals surface area contributed by atoms with Gasteiger partial charge in [0.25, 0.3) is 0 Å². The van der Waals surface area contributed by atoms with Gasteiger partial charge in [0.2, 0.25) is 0 Å². The summed E-state index contributed by atoms with van der Waals surface area (Å²) in [5.74, 6) is 0. The van der Waals surface area contributed by atoms with Crippen LogP contribution in [-0.2, 0) is 0 Å². The number of benzene rings is 1. The molecule has 0 aliphatic rings. The zero-order chi connectivity index (χ0) is 6.85. The summed E-state index contributed by atoms with van der Waals surface area (Å²) in [5, 5.41) is 0. The summed E-state index contributed by atoms with van der Waals surface area (Å²) in [6, 6.07) is 6.38. The molecule has 0 amide bonds. The molecule has 0 N–H and O–H groups in total. The number of hydrogen-bond acceptors (Lipinski definition) is 0. The molecule has 0 fully saturated rings. The van der Waals surface area contributed by atoms with E-state index in [-0.39, 0.29) is 26.3 Å². The molecule has 0 aliphatic heterocycles. The second-order valence-corrected chi connectivity index (χ2v) is 2.52. The first-order valence-corrected chi connectivity index (χ1v) is 3.24. The summed E-state index contributed by atoms with van der Waals surface area (Å²) >= 11 is 0. The van der Waals surface area contributed by atoms with Crippen LogP contribution >= 0.6 is 0 Å². The van der Waals surface area contributed by atoms with E-state index in [0.29, 0.717) is 0 Å². The van der Waals surface area contributed by atoms with Crippen molar-refractivity contribution in [2.75, 3.05) is 0 Å². The van der Waals surface area contributed by atoms with E-state index in [9.17, 15) is 0 Å². The van der Waals surface area contributed by atoms with Crippen LogP contribution < -0.4 is 18.9 Å². The zero-order valence-electron chi connectivity index (χ0n) is 8.23. The minimum absolute atomic E-state index is 0. The Morgan fingerprint density at radius 2 is 1.27 bits per heavy atom. The predicted molar refractivity (Wildman–Crippen MR) is 47.1 cm³/mol. The van der Waals surface area contributed by atoms with Gasteiger partial charge < -0.3 is 7.43 Å². The summed E-state index contributed by atoms with van der Waals surface area (Å²) in [7, 11) is 0. The van der Waals surface area contributed by atoms with Gasteiger partial charge in [-0.25, -0.2) is 0 Å². The Bertz CT molecular complexity index is 196. The summed E-state index contributed by atoms with van der Waals surface area (Å²) in [4.78, 5) is 0. The summed E-state index contributed by atoms with van der Waals surface area (Å²) in [5.41, 5.74) is 4.18. The molecule has 1 rings (SSSR count). The second-order valence-electron chi connectivity index (χ2n) is 2.52. The van der Waals surface area contributed by atoms with Crippen LogP contribution in [0.4, 0.5) is 0 Å². The Balaban J connectivity index is 0. The maximum Gasteiger partial charge on any atom is 1.00 e. The first kappa shape index (κ1) is 13.4. The van der Waals surface area contributed by atoms with Crippen LogP contribution in [0.3, 0.4) is 0 Å². The van der Waals surface area contributed by atoms with Gasteiger partial charge in [-0.1, -0.05) is 18.2 Å². The normalized spacial score (nSPS) is 7.91. The van der Waals surface area contributed by atoms with Gasteiger partial charge in [-0.15, -0.1) is 0 Å². The Labute approximate surface area is 82.2 Å². The molecule has 0 saturated heterocycles. The van der Waals surface area contributed by atoms with Gasteiger partial charge in [-0.2, -0.15) is 0 Å². The maximum absolute atomic E-state index is 2.16. The van der Waals surface area contributed by atoms with Gasteiger partial charge in [0, 0.05) is 0 Å². The van der Waals surface area contributed by atoms with Gasteiger partial charge in [-0.05, 0) is 37.5 Å². The van der Waals surface area contributed by atoms with Gasteiger partial charge in [-0.3, -0.25) is 0 Å². The van der Waals surface area contributed by atoms with Gasteiger partial charge >= 0.3 is 18.9 Å². The molecular weight excluding hydrogens is 127 g/mol. The van der Waals surface area contributed by atoms with Crippen molar-refractivity contribution in [3.63, 3.8) is 0 Å². The van der Waals surface area contributed by atoms with Gasteiger partial charge in [0.15, 0.2) is 0 Å². The first-order chi connectivity index (χ1) is 4.22. The van der Waals surface area contributed by atoms with Crippen LogP contribution in [0, 0.1) is 28.2 Å². The fourth-order valence-corrected chi connectivity index (χ4v) is 0.898. The molecule has 1 aromatic carbocycles. The largest absolute Gasteiger partial charge is 1.00 e. The summed E-state index contributed by atoms with van der Waals surface area (Å²) in [6.45, 7) is 6.44. The van der Waals surface area contributed by atoms with E-state index in [4.69, 9.17) is 0 Å². The van der Waals surface area contributed by atoms with Crippen molar-refractivity contribution in [1.82, 2.24) is 0 Å². The predicted octanol–water partition coefficient (Wildman–Crippen LogP) is 0.0662. The summed E-state index contributed by atoms with van der Waals surface area (Å²) in [6.07, 6.45) is 0. The maximum atomic E-state index is 2.16. The third kappa shape index (κ3) is 3.14. The van der Waals surface area contributed by atoms with Crippen molar-refractivity contribution in [1.29, 1.82) is 0 Å². The Kier molecular flexibility index (Phi) is 6.66. The quantitative estimate of drug-likeness (QED) is 0.355. The van der Waals surface area contributed by atoms with Crippen molar-refractivity contribution < 1.29 is 18.9 Å². The van der Waals surface area contributed by atoms with E-state index in [1.165, 1.54) is 16.7 Å². The molecule has 0 bridgehead atoms. The molecule has 0 spiro atoms. The van der Waals surface area contributed by atoms with E-state index in [1.54, 1.807) is 0 Å². The fraction of sp³-hybridized carbons (Fsp3) is 0.300. The number of rotatable bonds is 0. The van der Waals surface area contributed by atoms with E-state index in [2.05, 4.69) is 39.0 Å². The summed E-state index contributed by atoms with van der Waals surface area (Å²) < 4.78 is 0. The third-order valence-corrected chi connectivity index (χ3v) is 1.88. The zero-order valence-corrected chi connectivity index (χ0v) is 8.23. The third-order valence-electron chi connectivity index (χ3n) is 1.88. The molecule has 0 radical (unpaired) electrons. The smallest absolute Gasteiger partial charge is 0.358 e. The van der Waals surface area contributed by atoms with Crippen molar-refractivity contribution in [3.8, 4) is 0 Å². The van der Waals surface area contributed by atoms with Crippen LogP contribution in [0.5, 0.6) is 0 Å². The van der Waals surface area contributed by atoms with Crippen molar-refractivity contribution in [2.24, 2.45) is 0 Å². The number of aryl methyl sites for hydroxylation is 2. The molecule has 0 saturated carbocycles. The molecule has 0 aromatic heterocycles. The van der Waals surface area contributed by atoms with Gasteiger partial charge in [0.05, 0.1) is 0 Å². The van der Waals surface area contributed by atoms with E-state index in [1.807, 2.05) is 0 Å². The molecule has 0 unspecified atom stereocenters. The van der Waals surface area contributed by atoms with Crippen LogP contribution in [0.2, 0.25) is 0 Å². The van der Waals surface area contributed by atoms with E-state index in [0.717, 1.165) is 0 Å². The topological polar surface area (TPSA) is 0 Å². The standard InChI is InChI=1S/C9H12.CH3.Li/c1-7-5-4-6-8(2)9(7)3;;/h4-6H,1-3H3;1H3;/q;-1;+1. The molecule has 0 atom stereocenters. The van der Waals surface area contributed by atoms with Crippen molar-refractivity contribution >= 4 is 0 Å². The Morgan fingerprint density at radius 3 is 1.55 bits per heavy atom. The molecule has 1 heteroatoms. The Morgan fingerprint density at radius 1 is 0.909 bits per heavy atom. The fourth-order valence-electron chi connectivity index (χ4n) is 0.898. The SMILES string of the molecule is Cc1cccc(C)c1C.[CH3-].[Li+]. The van der Waals surface area contributed by atoms with E-state index >= 15 is 0 Å². The molecular formula is C10H15Li. The van der Waals surface area contributed by atoms with Crippen LogP contribution in [-0.4, -0.2) is 0 Å². The minimum Gasteiger partial charge on any atom is -0.358 e. The van der Waals surface area contributed by atoms with Crippen LogP contribution in [0.25, 0.3) is 0 Å². The molecule has 56 valence electrons. The molecule has 0 aliphatic carbocycles. The van der Waals surface area contributed by atoms with Crippen molar-refractivity contribution in [3.05, 3.63) is 42.3 Å². The monoisotopic (exact) mass is 142 g/mol. The molecule has 1 aromatic rings. The van der Waals surface area contributed by atoms with Crippen molar-refractivity contribution in [2.45, 2.75) is 20.8 Å². The second kappa shape index (κ2) is 5.47. The average Bonchev–Trinajstić information content (AvgIpc) is 1.83. The molecule has 0 heterocycles. The van der Waals surface area contributed by atoms with Crippen LogP contribution in [0.15, 0.2) is 18.2 Å². The minimum atomic E-state index is 0. The van der Waals surface area contributed by atoms with Crippen LogP contribution in [0.1, 0.15) is 16.7 Å². The number of hydrogen-bond donors (Lipinski definition) is 0. The van der Waals surface area contributed by atoms with E-state index < -0.39 is 0 Å². The molecule has 0 nitrogen and oxygen atoms in total. The Hall–Kier alpha value is -0.183. The molecule has 11 heavy (non-hydrogen) atoms. The average molecular weight is 142 g/mol. The first-order valence-electron chi connectivity index (χ1n) is 3.24. The van der Waals surface area contributed by atoms with Gasteiger partial charge in [0.1, 0.15) is 0 Å².